The second-order valence-corrected chi connectivity index (χ2v) is 5.54. The van der Waals surface area contributed by atoms with Gasteiger partial charge in [-0.05, 0) is 23.3 Å². The van der Waals surface area contributed by atoms with Crippen molar-refractivity contribution >= 4 is 11.6 Å². The van der Waals surface area contributed by atoms with Gasteiger partial charge in [0.15, 0.2) is 0 Å². The molecule has 0 bridgehead atoms. The Labute approximate surface area is 144 Å². The number of nitro groups is 1. The Kier molecular flexibility index (Phi) is 4.84. The molecule has 1 aromatic heterocycles. The quantitative estimate of drug-likeness (QED) is 0.553. The average molecular weight is 336 g/mol. The molecule has 0 fully saturated rings. The minimum atomic E-state index is -0.493. The first kappa shape index (κ1) is 16.4. The molecule has 0 aliphatic heterocycles. The normalized spacial score (nSPS) is 10.4. The van der Waals surface area contributed by atoms with E-state index in [1.165, 1.54) is 24.3 Å². The summed E-state index contributed by atoms with van der Waals surface area (Å²) in [4.78, 5) is 26.2. The van der Waals surface area contributed by atoms with Crippen molar-refractivity contribution in [3.05, 3.63) is 94.1 Å². The fourth-order valence-corrected chi connectivity index (χ4v) is 2.37. The van der Waals surface area contributed by atoms with Crippen LogP contribution in [-0.4, -0.2) is 20.4 Å². The van der Waals surface area contributed by atoms with Gasteiger partial charge in [-0.1, -0.05) is 24.3 Å². The van der Waals surface area contributed by atoms with Crippen molar-refractivity contribution in [2.75, 3.05) is 0 Å². The third kappa shape index (κ3) is 4.29. The lowest BCUT2D eigenvalue weighted by Crippen LogP contribution is -2.22. The van der Waals surface area contributed by atoms with Crippen molar-refractivity contribution in [1.29, 1.82) is 0 Å². The number of nitro benzene ring substituents is 1. The molecule has 7 nitrogen and oxygen atoms in total. The molecular formula is C18H16N4O3. The third-order valence-corrected chi connectivity index (χ3v) is 3.74. The van der Waals surface area contributed by atoms with E-state index < -0.39 is 4.92 Å². The number of aromatic nitrogens is 2. The highest BCUT2D eigenvalue weighted by atomic mass is 16.6. The van der Waals surface area contributed by atoms with E-state index in [9.17, 15) is 14.9 Å². The van der Waals surface area contributed by atoms with Gasteiger partial charge >= 0.3 is 0 Å². The SMILES string of the molecule is O=C(NCc1ccc(Cn2ccnc2)cc1)c1ccc([N+](=O)[O-])cc1. The van der Waals surface area contributed by atoms with Crippen LogP contribution in [0, 0.1) is 10.1 Å². The Morgan fingerprint density at radius 3 is 2.36 bits per heavy atom. The maximum absolute atomic E-state index is 12.1. The standard InChI is InChI=1S/C18H16N4O3/c23-18(16-5-7-17(8-6-16)22(24)25)20-11-14-1-3-15(4-2-14)12-21-10-9-19-13-21/h1-10,13H,11-12H2,(H,20,23). The van der Waals surface area contributed by atoms with Crippen molar-refractivity contribution in [3.8, 4) is 0 Å². The van der Waals surface area contributed by atoms with Gasteiger partial charge in [0.1, 0.15) is 0 Å². The van der Waals surface area contributed by atoms with Gasteiger partial charge in [-0.25, -0.2) is 4.98 Å². The van der Waals surface area contributed by atoms with Gasteiger partial charge in [0.2, 0.25) is 0 Å². The minimum absolute atomic E-state index is 0.0370. The number of amides is 1. The molecule has 25 heavy (non-hydrogen) atoms. The molecule has 7 heteroatoms. The monoisotopic (exact) mass is 336 g/mol. The van der Waals surface area contributed by atoms with Crippen LogP contribution in [0.4, 0.5) is 5.69 Å². The second kappa shape index (κ2) is 7.39. The average Bonchev–Trinajstić information content (AvgIpc) is 3.14. The number of benzene rings is 2. The summed E-state index contributed by atoms with van der Waals surface area (Å²) in [6.07, 6.45) is 5.40. The maximum Gasteiger partial charge on any atom is 0.269 e. The smallest absolute Gasteiger partial charge is 0.269 e. The highest BCUT2D eigenvalue weighted by Gasteiger charge is 2.09. The maximum atomic E-state index is 12.1. The Balaban J connectivity index is 1.55. The number of carbonyl (C=O) groups is 1. The lowest BCUT2D eigenvalue weighted by atomic mass is 10.1. The van der Waals surface area contributed by atoms with Crippen LogP contribution >= 0.6 is 0 Å². The van der Waals surface area contributed by atoms with Gasteiger partial charge in [0.25, 0.3) is 11.6 Å². The summed E-state index contributed by atoms with van der Waals surface area (Å²) in [5.41, 5.74) is 2.47. The highest BCUT2D eigenvalue weighted by Crippen LogP contribution is 2.12. The van der Waals surface area contributed by atoms with Gasteiger partial charge in [-0.3, -0.25) is 14.9 Å². The number of rotatable bonds is 6. The van der Waals surface area contributed by atoms with E-state index >= 15 is 0 Å². The molecule has 1 amide bonds. The first-order chi connectivity index (χ1) is 12.1. The fourth-order valence-electron chi connectivity index (χ4n) is 2.37. The highest BCUT2D eigenvalue weighted by molar-refractivity contribution is 5.94. The van der Waals surface area contributed by atoms with E-state index in [0.29, 0.717) is 12.1 Å². The number of carbonyl (C=O) groups excluding carboxylic acids is 1. The minimum Gasteiger partial charge on any atom is -0.348 e. The molecule has 3 aromatic rings. The summed E-state index contributed by atoms with van der Waals surface area (Å²) in [5.74, 6) is -0.266. The van der Waals surface area contributed by atoms with Crippen molar-refractivity contribution in [2.24, 2.45) is 0 Å². The molecule has 0 aliphatic rings. The Hall–Kier alpha value is -3.48. The molecular weight excluding hydrogens is 320 g/mol. The van der Waals surface area contributed by atoms with Crippen molar-refractivity contribution in [3.63, 3.8) is 0 Å². The van der Waals surface area contributed by atoms with Gasteiger partial charge in [-0.2, -0.15) is 0 Å². The fraction of sp³-hybridized carbons (Fsp3) is 0.111. The van der Waals surface area contributed by atoms with Crippen molar-refractivity contribution in [1.82, 2.24) is 14.9 Å². The zero-order chi connectivity index (χ0) is 17.6. The molecule has 0 saturated heterocycles. The van der Waals surface area contributed by atoms with Crippen LogP contribution in [0.25, 0.3) is 0 Å². The predicted octanol–water partition coefficient (Wildman–Crippen LogP) is 2.77. The summed E-state index contributed by atoms with van der Waals surface area (Å²) in [7, 11) is 0. The molecule has 126 valence electrons. The Bertz CT molecular complexity index is 856. The van der Waals surface area contributed by atoms with Crippen molar-refractivity contribution in [2.45, 2.75) is 13.1 Å². The molecule has 0 saturated carbocycles. The first-order valence-corrected chi connectivity index (χ1v) is 7.68. The number of hydrogen-bond donors (Lipinski definition) is 1. The molecule has 1 heterocycles. The number of hydrogen-bond acceptors (Lipinski definition) is 4. The molecule has 3 rings (SSSR count). The summed E-state index contributed by atoms with van der Waals surface area (Å²) in [5, 5.41) is 13.4. The first-order valence-electron chi connectivity index (χ1n) is 7.68. The van der Waals surface area contributed by atoms with Gasteiger partial charge in [0.05, 0.1) is 11.3 Å². The lowest BCUT2D eigenvalue weighted by molar-refractivity contribution is -0.384. The van der Waals surface area contributed by atoms with E-state index in [-0.39, 0.29) is 11.6 Å². The summed E-state index contributed by atoms with van der Waals surface area (Å²) < 4.78 is 1.98. The summed E-state index contributed by atoms with van der Waals surface area (Å²) >= 11 is 0. The van der Waals surface area contributed by atoms with E-state index in [1.54, 1.807) is 12.5 Å². The molecule has 1 N–H and O–H groups in total. The molecule has 0 aliphatic carbocycles. The molecule has 2 aromatic carbocycles. The number of non-ortho nitro benzene ring substituents is 1. The number of imidazole rings is 1. The van der Waals surface area contributed by atoms with Crippen LogP contribution in [0.15, 0.2) is 67.3 Å². The Morgan fingerprint density at radius 1 is 1.08 bits per heavy atom. The Morgan fingerprint density at radius 2 is 1.76 bits per heavy atom. The van der Waals surface area contributed by atoms with Gasteiger partial charge in [0, 0.05) is 43.2 Å². The van der Waals surface area contributed by atoms with Gasteiger partial charge < -0.3 is 9.88 Å². The number of nitrogens with one attached hydrogen (secondary N) is 1. The van der Waals surface area contributed by atoms with Crippen LogP contribution in [0.2, 0.25) is 0 Å². The van der Waals surface area contributed by atoms with E-state index in [0.717, 1.165) is 17.7 Å². The predicted molar refractivity (Wildman–Crippen MR) is 92.0 cm³/mol. The van der Waals surface area contributed by atoms with Crippen LogP contribution in [0.5, 0.6) is 0 Å². The zero-order valence-corrected chi connectivity index (χ0v) is 13.3. The van der Waals surface area contributed by atoms with E-state index in [4.69, 9.17) is 0 Å². The van der Waals surface area contributed by atoms with Crippen LogP contribution in [-0.2, 0) is 13.1 Å². The largest absolute Gasteiger partial charge is 0.348 e. The molecule has 0 unspecified atom stereocenters. The summed E-state index contributed by atoms with van der Waals surface area (Å²) in [6, 6.07) is 13.5. The topological polar surface area (TPSA) is 90.1 Å². The van der Waals surface area contributed by atoms with Crippen molar-refractivity contribution < 1.29 is 9.72 Å². The second-order valence-electron chi connectivity index (χ2n) is 5.54. The van der Waals surface area contributed by atoms with Crippen LogP contribution in [0.3, 0.4) is 0 Å². The van der Waals surface area contributed by atoms with E-state index in [2.05, 4.69) is 10.3 Å². The summed E-state index contributed by atoms with van der Waals surface area (Å²) in [6.45, 7) is 1.14. The van der Waals surface area contributed by atoms with Crippen LogP contribution in [0.1, 0.15) is 21.5 Å². The molecule has 0 radical (unpaired) electrons. The third-order valence-electron chi connectivity index (χ3n) is 3.74. The molecule has 0 atom stereocenters. The lowest BCUT2D eigenvalue weighted by Gasteiger charge is -2.07. The molecule has 0 spiro atoms. The zero-order valence-electron chi connectivity index (χ0n) is 13.3. The number of nitrogens with zero attached hydrogens (tertiary/aromatic N) is 3. The van der Waals surface area contributed by atoms with Gasteiger partial charge in [-0.15, -0.1) is 0 Å². The van der Waals surface area contributed by atoms with Crippen LogP contribution < -0.4 is 5.32 Å². The van der Waals surface area contributed by atoms with E-state index in [1.807, 2.05) is 35.0 Å².